The summed E-state index contributed by atoms with van der Waals surface area (Å²) in [6.45, 7) is 0. The first kappa shape index (κ1) is 35.4. The van der Waals surface area contributed by atoms with Crippen LogP contribution >= 0.6 is 0 Å². The average molecular weight is 804 g/mol. The van der Waals surface area contributed by atoms with Gasteiger partial charge in [0.25, 0.3) is 0 Å². The second-order valence-electron chi connectivity index (χ2n) is 16.3. The van der Waals surface area contributed by atoms with Gasteiger partial charge in [-0.15, -0.1) is 0 Å². The van der Waals surface area contributed by atoms with E-state index in [1.165, 1.54) is 33.4 Å². The molecule has 3 nitrogen and oxygen atoms in total. The van der Waals surface area contributed by atoms with Gasteiger partial charge in [0.1, 0.15) is 16.7 Å². The van der Waals surface area contributed by atoms with E-state index in [1.807, 2.05) is 12.1 Å². The van der Waals surface area contributed by atoms with Gasteiger partial charge < -0.3 is 13.4 Å². The maximum atomic E-state index is 7.00. The highest BCUT2D eigenvalue weighted by atomic mass is 16.3. The minimum atomic E-state index is 0.831. The van der Waals surface area contributed by atoms with Crippen molar-refractivity contribution in [3.63, 3.8) is 0 Å². The van der Waals surface area contributed by atoms with Gasteiger partial charge in [0.2, 0.25) is 0 Å². The fourth-order valence-corrected chi connectivity index (χ4v) is 9.98. The number of furan rings is 2. The van der Waals surface area contributed by atoms with E-state index in [0.29, 0.717) is 0 Å². The first-order chi connectivity index (χ1) is 31.3. The van der Waals surface area contributed by atoms with Crippen LogP contribution in [0.2, 0.25) is 0 Å². The van der Waals surface area contributed by atoms with E-state index in [9.17, 15) is 0 Å². The van der Waals surface area contributed by atoms with Crippen molar-refractivity contribution >= 4 is 65.7 Å². The highest BCUT2D eigenvalue weighted by Crippen LogP contribution is 2.47. The summed E-state index contributed by atoms with van der Waals surface area (Å²) in [5.41, 5.74) is 18.1. The maximum Gasteiger partial charge on any atom is 0.160 e. The van der Waals surface area contributed by atoms with Gasteiger partial charge in [-0.1, -0.05) is 182 Å². The zero-order valence-corrected chi connectivity index (χ0v) is 34.1. The third-order valence-corrected chi connectivity index (χ3v) is 12.8. The number of nitrogens with zero attached hydrogens (tertiary/aromatic N) is 1. The minimum Gasteiger partial charge on any atom is -0.455 e. The summed E-state index contributed by atoms with van der Waals surface area (Å²) in [7, 11) is 0. The minimum absolute atomic E-state index is 0.831. The molecule has 0 radical (unpaired) electrons. The maximum absolute atomic E-state index is 7.00. The first-order valence-electron chi connectivity index (χ1n) is 21.5. The van der Waals surface area contributed by atoms with E-state index in [0.717, 1.165) is 93.6 Å². The van der Waals surface area contributed by atoms with Crippen LogP contribution in [-0.2, 0) is 0 Å². The zero-order valence-electron chi connectivity index (χ0n) is 34.1. The Labute approximate surface area is 363 Å². The molecule has 0 bridgehead atoms. The third kappa shape index (κ3) is 5.53. The second kappa shape index (κ2) is 14.1. The third-order valence-electron chi connectivity index (χ3n) is 12.8. The van der Waals surface area contributed by atoms with E-state index in [4.69, 9.17) is 8.83 Å². The molecular formula is C60H37NO2. The Morgan fingerprint density at radius 3 is 1.24 bits per heavy atom. The van der Waals surface area contributed by atoms with Crippen LogP contribution in [0, 0.1) is 0 Å². The average Bonchev–Trinajstić information content (AvgIpc) is 4.03. The van der Waals surface area contributed by atoms with Crippen LogP contribution in [0.4, 0.5) is 0 Å². The Bertz CT molecular complexity index is 3760. The molecule has 13 aromatic rings. The molecule has 63 heavy (non-hydrogen) atoms. The highest BCUT2D eigenvalue weighted by molar-refractivity contribution is 6.18. The Kier molecular flexibility index (Phi) is 7.91. The number of benzene rings is 10. The standard InChI is InChI=1S/C60H37NO2/c1-3-16-38(17-4-1)42-20-7-9-22-44(42)40-30-34-54-52(36-40)53-37-41(45-23-10-8-21-43(45)39-18-5-2-6-19-39)31-35-55(53)61(54)58-48(32-33-51-47-25-12-14-29-57(47)63-60(51)58)50-27-15-26-49-46-24-11-13-28-56(46)62-59(49)50/h1-37H. The lowest BCUT2D eigenvalue weighted by Crippen LogP contribution is -1.98. The second-order valence-corrected chi connectivity index (χ2v) is 16.3. The Balaban J connectivity index is 1.14. The van der Waals surface area contributed by atoms with Crippen LogP contribution < -0.4 is 0 Å². The molecule has 3 aromatic heterocycles. The molecule has 3 heteroatoms. The number of hydrogen-bond acceptors (Lipinski definition) is 2. The normalized spacial score (nSPS) is 11.8. The molecule has 0 N–H and O–H groups in total. The summed E-state index contributed by atoms with van der Waals surface area (Å²) < 4.78 is 16.2. The number of rotatable bonds is 6. The molecule has 0 unspecified atom stereocenters. The number of para-hydroxylation sites is 3. The summed E-state index contributed by atoms with van der Waals surface area (Å²) in [4.78, 5) is 0. The Morgan fingerprint density at radius 2 is 0.683 bits per heavy atom. The Hall–Kier alpha value is -8.40. The lowest BCUT2D eigenvalue weighted by atomic mass is 9.92. The Morgan fingerprint density at radius 1 is 0.254 bits per heavy atom. The quantitative estimate of drug-likeness (QED) is 0.168. The molecule has 0 saturated heterocycles. The van der Waals surface area contributed by atoms with Crippen LogP contribution in [-0.4, -0.2) is 4.57 Å². The molecular weight excluding hydrogens is 767 g/mol. The molecule has 0 aliphatic rings. The summed E-state index contributed by atoms with van der Waals surface area (Å²) >= 11 is 0. The monoisotopic (exact) mass is 803 g/mol. The van der Waals surface area contributed by atoms with Crippen molar-refractivity contribution in [3.8, 4) is 61.3 Å². The van der Waals surface area contributed by atoms with Gasteiger partial charge >= 0.3 is 0 Å². The molecule has 0 aliphatic carbocycles. The molecule has 3 heterocycles. The van der Waals surface area contributed by atoms with Crippen molar-refractivity contribution in [2.24, 2.45) is 0 Å². The van der Waals surface area contributed by atoms with Gasteiger partial charge in [0.05, 0.1) is 16.7 Å². The predicted molar refractivity (Wildman–Crippen MR) is 263 cm³/mol. The van der Waals surface area contributed by atoms with Gasteiger partial charge in [-0.25, -0.2) is 0 Å². The molecule has 0 atom stereocenters. The van der Waals surface area contributed by atoms with Crippen molar-refractivity contribution in [3.05, 3.63) is 224 Å². The lowest BCUT2D eigenvalue weighted by Gasteiger charge is -2.16. The van der Waals surface area contributed by atoms with Crippen molar-refractivity contribution in [1.82, 2.24) is 4.57 Å². The van der Waals surface area contributed by atoms with Gasteiger partial charge in [0, 0.05) is 43.4 Å². The molecule has 0 saturated carbocycles. The van der Waals surface area contributed by atoms with Gasteiger partial charge in [-0.05, 0) is 87.0 Å². The number of hydrogen-bond donors (Lipinski definition) is 0. The fraction of sp³-hybridized carbons (Fsp3) is 0. The number of fused-ring (bicyclic) bond motifs is 9. The smallest absolute Gasteiger partial charge is 0.160 e. The zero-order chi connectivity index (χ0) is 41.4. The van der Waals surface area contributed by atoms with Gasteiger partial charge in [-0.2, -0.15) is 0 Å². The summed E-state index contributed by atoms with van der Waals surface area (Å²) in [6, 6.07) is 80.4. The fourth-order valence-electron chi connectivity index (χ4n) is 9.98. The van der Waals surface area contributed by atoms with Crippen LogP contribution in [0.1, 0.15) is 0 Å². The summed E-state index contributed by atoms with van der Waals surface area (Å²) in [5, 5.41) is 6.66. The van der Waals surface area contributed by atoms with Crippen molar-refractivity contribution in [2.45, 2.75) is 0 Å². The van der Waals surface area contributed by atoms with E-state index < -0.39 is 0 Å². The topological polar surface area (TPSA) is 31.2 Å². The molecule has 0 fully saturated rings. The largest absolute Gasteiger partial charge is 0.455 e. The molecule has 10 aromatic carbocycles. The van der Waals surface area contributed by atoms with E-state index in [-0.39, 0.29) is 0 Å². The molecule has 0 spiro atoms. The van der Waals surface area contributed by atoms with Gasteiger partial charge in [-0.3, -0.25) is 0 Å². The highest BCUT2D eigenvalue weighted by Gasteiger charge is 2.25. The van der Waals surface area contributed by atoms with E-state index in [1.54, 1.807) is 0 Å². The molecule has 0 aliphatic heterocycles. The van der Waals surface area contributed by atoms with Crippen molar-refractivity contribution < 1.29 is 8.83 Å². The summed E-state index contributed by atoms with van der Waals surface area (Å²) in [6.07, 6.45) is 0. The molecule has 294 valence electrons. The van der Waals surface area contributed by atoms with E-state index >= 15 is 0 Å². The van der Waals surface area contributed by atoms with Crippen molar-refractivity contribution in [1.29, 1.82) is 0 Å². The SMILES string of the molecule is c1ccc(-c2ccccc2-c2ccc3c(c2)c2cc(-c4ccccc4-c4ccccc4)ccc2n3-c2c(-c3cccc4c3oc3ccccc34)ccc3c2oc2ccccc23)cc1. The van der Waals surface area contributed by atoms with Crippen LogP contribution in [0.5, 0.6) is 0 Å². The van der Waals surface area contributed by atoms with Crippen LogP contribution in [0.3, 0.4) is 0 Å². The first-order valence-corrected chi connectivity index (χ1v) is 21.5. The van der Waals surface area contributed by atoms with Crippen LogP contribution in [0.15, 0.2) is 233 Å². The van der Waals surface area contributed by atoms with E-state index in [2.05, 4.69) is 217 Å². The van der Waals surface area contributed by atoms with Crippen molar-refractivity contribution in [2.75, 3.05) is 0 Å². The predicted octanol–water partition coefficient (Wildman–Crippen LogP) is 16.9. The van der Waals surface area contributed by atoms with Crippen LogP contribution in [0.25, 0.3) is 127 Å². The van der Waals surface area contributed by atoms with Gasteiger partial charge in [0.15, 0.2) is 5.58 Å². The lowest BCUT2D eigenvalue weighted by molar-refractivity contribution is 0.666. The molecule has 0 amide bonds. The summed E-state index contributed by atoms with van der Waals surface area (Å²) in [5.74, 6) is 0. The number of aromatic nitrogens is 1. The molecule has 13 rings (SSSR count).